The highest BCUT2D eigenvalue weighted by atomic mass is 16.5. The molecule has 0 radical (unpaired) electrons. The zero-order valence-corrected chi connectivity index (χ0v) is 17.9. The maximum atomic E-state index is 12.8. The van der Waals surface area contributed by atoms with Crippen molar-refractivity contribution < 1.29 is 9.53 Å². The van der Waals surface area contributed by atoms with Gasteiger partial charge in [-0.05, 0) is 55.0 Å². The van der Waals surface area contributed by atoms with Crippen LogP contribution in [0, 0.1) is 0 Å². The van der Waals surface area contributed by atoms with Gasteiger partial charge in [-0.3, -0.25) is 4.79 Å². The molecule has 0 saturated heterocycles. The average Bonchev–Trinajstić information content (AvgIpc) is 2.85. The van der Waals surface area contributed by atoms with E-state index in [1.807, 2.05) is 85.8 Å². The summed E-state index contributed by atoms with van der Waals surface area (Å²) >= 11 is 0. The summed E-state index contributed by atoms with van der Waals surface area (Å²) < 4.78 is 5.27. The molecule has 0 aliphatic carbocycles. The Morgan fingerprint density at radius 3 is 2.44 bits per heavy atom. The number of nitrogens with zero attached hydrogens (tertiary/aromatic N) is 2. The Kier molecular flexibility index (Phi) is 6.41. The van der Waals surface area contributed by atoms with Crippen LogP contribution in [0.25, 0.3) is 11.3 Å². The number of anilines is 2. The fraction of sp³-hybridized carbons (Fsp3) is 0.115. The van der Waals surface area contributed by atoms with Gasteiger partial charge in [0, 0.05) is 16.8 Å². The van der Waals surface area contributed by atoms with E-state index in [0.29, 0.717) is 11.4 Å². The van der Waals surface area contributed by atoms with E-state index in [-0.39, 0.29) is 11.9 Å². The van der Waals surface area contributed by atoms with E-state index in [4.69, 9.17) is 4.74 Å². The van der Waals surface area contributed by atoms with Crippen LogP contribution < -0.4 is 15.4 Å². The topological polar surface area (TPSA) is 76.1 Å². The first-order valence-corrected chi connectivity index (χ1v) is 10.3. The van der Waals surface area contributed by atoms with Crippen molar-refractivity contribution in [2.24, 2.45) is 0 Å². The number of carbonyl (C=O) groups excluding carboxylic acids is 1. The monoisotopic (exact) mass is 424 g/mol. The Hall–Kier alpha value is -4.19. The predicted octanol–water partition coefficient (Wildman–Crippen LogP) is 5.39. The molecular weight excluding hydrogens is 400 g/mol. The van der Waals surface area contributed by atoms with Crippen molar-refractivity contribution in [3.63, 3.8) is 0 Å². The lowest BCUT2D eigenvalue weighted by atomic mass is 10.1. The van der Waals surface area contributed by atoms with Crippen LogP contribution in [0.4, 0.5) is 11.5 Å². The van der Waals surface area contributed by atoms with Crippen LogP contribution in [0.3, 0.4) is 0 Å². The average molecular weight is 425 g/mol. The number of nitrogens with one attached hydrogen (secondary N) is 2. The van der Waals surface area contributed by atoms with Gasteiger partial charge in [-0.2, -0.15) is 0 Å². The highest BCUT2D eigenvalue weighted by Gasteiger charge is 2.13. The second-order valence-electron chi connectivity index (χ2n) is 7.35. The minimum atomic E-state index is -0.161. The molecule has 1 atom stereocenters. The van der Waals surface area contributed by atoms with Gasteiger partial charge in [-0.1, -0.05) is 48.5 Å². The largest absolute Gasteiger partial charge is 0.497 e. The summed E-state index contributed by atoms with van der Waals surface area (Å²) in [6, 6.07) is 28.5. The number of hydrogen-bond acceptors (Lipinski definition) is 5. The summed E-state index contributed by atoms with van der Waals surface area (Å²) in [7, 11) is 1.63. The van der Waals surface area contributed by atoms with Gasteiger partial charge in [0.1, 0.15) is 5.75 Å². The Morgan fingerprint density at radius 2 is 1.69 bits per heavy atom. The zero-order chi connectivity index (χ0) is 22.3. The first-order valence-electron chi connectivity index (χ1n) is 10.3. The van der Waals surface area contributed by atoms with Gasteiger partial charge < -0.3 is 15.4 Å². The predicted molar refractivity (Wildman–Crippen MR) is 126 cm³/mol. The molecule has 0 unspecified atom stereocenters. The number of methoxy groups -OCH3 is 1. The van der Waals surface area contributed by atoms with Crippen molar-refractivity contribution in [2.75, 3.05) is 12.4 Å². The molecule has 32 heavy (non-hydrogen) atoms. The molecule has 0 aliphatic rings. The highest BCUT2D eigenvalue weighted by molar-refractivity contribution is 5.95. The molecule has 0 saturated carbocycles. The molecule has 6 nitrogen and oxygen atoms in total. The summed E-state index contributed by atoms with van der Waals surface area (Å²) in [4.78, 5) is 12.8. The molecule has 0 bridgehead atoms. The molecule has 1 aromatic heterocycles. The van der Waals surface area contributed by atoms with Crippen LogP contribution in [0.2, 0.25) is 0 Å². The Morgan fingerprint density at radius 1 is 0.875 bits per heavy atom. The SMILES string of the molecule is COc1cccc([C@H](C)NC(=O)c2cccc(Nc3ccc(-c4ccccc4)nn3)c2)c1. The zero-order valence-electron chi connectivity index (χ0n) is 17.9. The van der Waals surface area contributed by atoms with Crippen molar-refractivity contribution in [2.45, 2.75) is 13.0 Å². The van der Waals surface area contributed by atoms with Crippen LogP contribution in [0.1, 0.15) is 28.9 Å². The normalized spacial score (nSPS) is 11.4. The quantitative estimate of drug-likeness (QED) is 0.416. The summed E-state index contributed by atoms with van der Waals surface area (Å²) in [5.41, 5.74) is 4.10. The van der Waals surface area contributed by atoms with Crippen molar-refractivity contribution >= 4 is 17.4 Å². The smallest absolute Gasteiger partial charge is 0.251 e. The molecular formula is C26H24N4O2. The molecule has 160 valence electrons. The van der Waals surface area contributed by atoms with E-state index in [1.54, 1.807) is 19.2 Å². The number of benzene rings is 3. The lowest BCUT2D eigenvalue weighted by molar-refractivity contribution is 0.0940. The number of rotatable bonds is 7. The van der Waals surface area contributed by atoms with Gasteiger partial charge in [-0.25, -0.2) is 0 Å². The van der Waals surface area contributed by atoms with Crippen molar-refractivity contribution in [1.82, 2.24) is 15.5 Å². The fourth-order valence-corrected chi connectivity index (χ4v) is 3.32. The second-order valence-corrected chi connectivity index (χ2v) is 7.35. The molecule has 3 aromatic carbocycles. The molecule has 1 heterocycles. The van der Waals surface area contributed by atoms with Crippen molar-refractivity contribution in [3.05, 3.63) is 102 Å². The third-order valence-corrected chi connectivity index (χ3v) is 5.07. The maximum absolute atomic E-state index is 12.8. The summed E-state index contributed by atoms with van der Waals surface area (Å²) in [6.07, 6.45) is 0. The Bertz CT molecular complexity index is 1190. The molecule has 2 N–H and O–H groups in total. The van der Waals surface area contributed by atoms with E-state index in [0.717, 1.165) is 28.3 Å². The van der Waals surface area contributed by atoms with Crippen LogP contribution in [0.5, 0.6) is 5.75 Å². The van der Waals surface area contributed by atoms with Gasteiger partial charge in [0.05, 0.1) is 18.8 Å². The van der Waals surface area contributed by atoms with E-state index < -0.39 is 0 Å². The van der Waals surface area contributed by atoms with Crippen LogP contribution in [0.15, 0.2) is 91.0 Å². The molecule has 4 rings (SSSR count). The van der Waals surface area contributed by atoms with Crippen LogP contribution in [-0.2, 0) is 0 Å². The molecule has 0 spiro atoms. The molecule has 0 fully saturated rings. The van der Waals surface area contributed by atoms with Gasteiger partial charge in [-0.15, -0.1) is 10.2 Å². The van der Waals surface area contributed by atoms with Gasteiger partial charge in [0.25, 0.3) is 5.91 Å². The lowest BCUT2D eigenvalue weighted by Gasteiger charge is -2.16. The first kappa shape index (κ1) is 21.1. The minimum absolute atomic E-state index is 0.158. The van der Waals surface area contributed by atoms with Gasteiger partial charge in [0.2, 0.25) is 0 Å². The third kappa shape index (κ3) is 5.10. The minimum Gasteiger partial charge on any atom is -0.497 e. The van der Waals surface area contributed by atoms with Gasteiger partial charge in [0.15, 0.2) is 5.82 Å². The number of ether oxygens (including phenoxy) is 1. The van der Waals surface area contributed by atoms with Gasteiger partial charge >= 0.3 is 0 Å². The number of aromatic nitrogens is 2. The summed E-state index contributed by atoms with van der Waals surface area (Å²) in [6.45, 7) is 1.94. The fourth-order valence-electron chi connectivity index (χ4n) is 3.32. The van der Waals surface area contributed by atoms with Crippen LogP contribution >= 0.6 is 0 Å². The molecule has 6 heteroatoms. The van der Waals surface area contributed by atoms with E-state index in [9.17, 15) is 4.79 Å². The van der Waals surface area contributed by atoms with E-state index >= 15 is 0 Å². The van der Waals surface area contributed by atoms with E-state index in [1.165, 1.54) is 0 Å². The molecule has 0 aliphatic heterocycles. The summed E-state index contributed by atoms with van der Waals surface area (Å²) in [5, 5.41) is 14.8. The number of hydrogen-bond donors (Lipinski definition) is 2. The first-order chi connectivity index (χ1) is 15.6. The maximum Gasteiger partial charge on any atom is 0.251 e. The Labute approximate surface area is 187 Å². The van der Waals surface area contributed by atoms with Crippen molar-refractivity contribution in [3.8, 4) is 17.0 Å². The number of carbonyl (C=O) groups is 1. The lowest BCUT2D eigenvalue weighted by Crippen LogP contribution is -2.26. The molecule has 1 amide bonds. The van der Waals surface area contributed by atoms with E-state index in [2.05, 4.69) is 20.8 Å². The van der Waals surface area contributed by atoms with Crippen molar-refractivity contribution in [1.29, 1.82) is 0 Å². The van der Waals surface area contributed by atoms with Crippen LogP contribution in [-0.4, -0.2) is 23.2 Å². The number of amides is 1. The second kappa shape index (κ2) is 9.75. The highest BCUT2D eigenvalue weighted by Crippen LogP contribution is 2.21. The molecule has 4 aromatic rings. The Balaban J connectivity index is 1.43. The standard InChI is InChI=1S/C26H24N4O2/c1-18(20-10-7-13-23(17-20)32-2)27-26(31)21-11-6-12-22(16-21)28-25-15-14-24(29-30-25)19-8-4-3-5-9-19/h3-18H,1-2H3,(H,27,31)(H,28,30)/t18-/m0/s1. The summed E-state index contributed by atoms with van der Waals surface area (Å²) in [5.74, 6) is 1.20. The third-order valence-electron chi connectivity index (χ3n) is 5.07.